The van der Waals surface area contributed by atoms with Crippen molar-refractivity contribution in [2.24, 2.45) is 11.1 Å². The van der Waals surface area contributed by atoms with Crippen LogP contribution in [-0.4, -0.2) is 16.3 Å². The Labute approximate surface area is 98.8 Å². The first kappa shape index (κ1) is 14.0. The van der Waals surface area contributed by atoms with E-state index in [1.807, 2.05) is 13.8 Å². The van der Waals surface area contributed by atoms with Gasteiger partial charge in [-0.3, -0.25) is 4.68 Å². The maximum absolute atomic E-state index is 12.3. The van der Waals surface area contributed by atoms with E-state index >= 15 is 0 Å². The second kappa shape index (κ2) is 5.08. The quantitative estimate of drug-likeness (QED) is 0.871. The van der Waals surface area contributed by atoms with Crippen molar-refractivity contribution in [2.45, 2.75) is 39.4 Å². The van der Waals surface area contributed by atoms with E-state index in [1.165, 1.54) is 4.68 Å². The van der Waals surface area contributed by atoms with Gasteiger partial charge in [-0.1, -0.05) is 13.8 Å². The minimum Gasteiger partial charge on any atom is -0.330 e. The van der Waals surface area contributed by atoms with Gasteiger partial charge in [0.15, 0.2) is 0 Å². The highest BCUT2D eigenvalue weighted by Crippen LogP contribution is 2.28. The Hall–Kier alpha value is -1.04. The zero-order valence-corrected chi connectivity index (χ0v) is 10.1. The van der Waals surface area contributed by atoms with Crippen LogP contribution >= 0.6 is 0 Å². The molecule has 0 aromatic carbocycles. The predicted molar refractivity (Wildman–Crippen MR) is 59.3 cm³/mol. The highest BCUT2D eigenvalue weighted by molar-refractivity contribution is 5.08. The first-order valence-electron chi connectivity index (χ1n) is 5.54. The molecule has 1 rings (SSSR count). The molecule has 0 aliphatic rings. The number of nitrogens with zero attached hydrogens (tertiary/aromatic N) is 2. The number of nitrogens with two attached hydrogens (primary N) is 1. The van der Waals surface area contributed by atoms with E-state index in [9.17, 15) is 13.2 Å². The molecule has 0 fully saturated rings. The van der Waals surface area contributed by atoms with Gasteiger partial charge in [-0.05, 0) is 24.8 Å². The zero-order chi connectivity index (χ0) is 13.1. The molecule has 0 aliphatic carbocycles. The molecule has 0 aliphatic heterocycles. The number of alkyl halides is 3. The molecular weight excluding hydrogens is 231 g/mol. The fourth-order valence-corrected chi connectivity index (χ4v) is 1.45. The average Bonchev–Trinajstić information content (AvgIpc) is 2.66. The van der Waals surface area contributed by atoms with Crippen molar-refractivity contribution in [3.63, 3.8) is 0 Å². The fourth-order valence-electron chi connectivity index (χ4n) is 1.45. The van der Waals surface area contributed by atoms with Crippen molar-refractivity contribution in [3.05, 3.63) is 18.0 Å². The topological polar surface area (TPSA) is 43.8 Å². The molecule has 2 N–H and O–H groups in total. The lowest BCUT2D eigenvalue weighted by Crippen LogP contribution is -2.23. The van der Waals surface area contributed by atoms with Gasteiger partial charge in [-0.25, -0.2) is 0 Å². The number of hydrogen-bond acceptors (Lipinski definition) is 2. The summed E-state index contributed by atoms with van der Waals surface area (Å²) in [6.07, 6.45) is -0.786. The van der Waals surface area contributed by atoms with E-state index in [2.05, 4.69) is 5.10 Å². The standard InChI is InChI=1S/C11H18F3N3/c1-10(2,8-15)4-3-5-17-7-9(6-16-17)11(12,13)14/h6-7H,3-5,8,15H2,1-2H3. The molecule has 0 unspecified atom stereocenters. The summed E-state index contributed by atoms with van der Waals surface area (Å²) in [6, 6.07) is 0. The number of rotatable bonds is 5. The van der Waals surface area contributed by atoms with Crippen LogP contribution in [0.25, 0.3) is 0 Å². The third-order valence-corrected chi connectivity index (χ3v) is 2.75. The molecule has 6 heteroatoms. The SMILES string of the molecule is CC(C)(CN)CCCn1cc(C(F)(F)F)cn1. The van der Waals surface area contributed by atoms with Crippen LogP contribution < -0.4 is 5.73 Å². The van der Waals surface area contributed by atoms with Crippen LogP contribution in [-0.2, 0) is 12.7 Å². The van der Waals surface area contributed by atoms with Gasteiger partial charge >= 0.3 is 6.18 Å². The van der Waals surface area contributed by atoms with Crippen molar-refractivity contribution in [1.82, 2.24) is 9.78 Å². The molecule has 98 valence electrons. The maximum atomic E-state index is 12.3. The smallest absolute Gasteiger partial charge is 0.330 e. The lowest BCUT2D eigenvalue weighted by Gasteiger charge is -2.21. The van der Waals surface area contributed by atoms with E-state index in [4.69, 9.17) is 5.73 Å². The van der Waals surface area contributed by atoms with Crippen LogP contribution in [0.4, 0.5) is 13.2 Å². The van der Waals surface area contributed by atoms with Crippen LogP contribution in [0.1, 0.15) is 32.3 Å². The summed E-state index contributed by atoms with van der Waals surface area (Å²) < 4.78 is 38.2. The minimum absolute atomic E-state index is 0.0278. The number of aryl methyl sites for hydroxylation is 1. The van der Waals surface area contributed by atoms with Crippen molar-refractivity contribution >= 4 is 0 Å². The van der Waals surface area contributed by atoms with Crippen molar-refractivity contribution < 1.29 is 13.2 Å². The lowest BCUT2D eigenvalue weighted by molar-refractivity contribution is -0.137. The van der Waals surface area contributed by atoms with Gasteiger partial charge in [0.25, 0.3) is 0 Å². The van der Waals surface area contributed by atoms with E-state index in [-0.39, 0.29) is 5.41 Å². The molecule has 1 aromatic rings. The Balaban J connectivity index is 2.46. The molecular formula is C11H18F3N3. The zero-order valence-electron chi connectivity index (χ0n) is 10.1. The lowest BCUT2D eigenvalue weighted by atomic mass is 9.88. The molecule has 0 spiro atoms. The first-order valence-corrected chi connectivity index (χ1v) is 5.54. The van der Waals surface area contributed by atoms with Gasteiger partial charge in [0.1, 0.15) is 0 Å². The summed E-state index contributed by atoms with van der Waals surface area (Å²) in [4.78, 5) is 0. The highest BCUT2D eigenvalue weighted by Gasteiger charge is 2.32. The van der Waals surface area contributed by atoms with E-state index in [0.29, 0.717) is 13.1 Å². The van der Waals surface area contributed by atoms with Crippen LogP contribution in [0.2, 0.25) is 0 Å². The third kappa shape index (κ3) is 4.38. The highest BCUT2D eigenvalue weighted by atomic mass is 19.4. The van der Waals surface area contributed by atoms with Crippen molar-refractivity contribution in [2.75, 3.05) is 6.54 Å². The summed E-state index contributed by atoms with van der Waals surface area (Å²) in [6.45, 7) is 5.13. The fraction of sp³-hybridized carbons (Fsp3) is 0.727. The van der Waals surface area contributed by atoms with E-state index < -0.39 is 11.7 Å². The number of aromatic nitrogens is 2. The van der Waals surface area contributed by atoms with E-state index in [0.717, 1.165) is 25.2 Å². The Morgan fingerprint density at radius 1 is 1.35 bits per heavy atom. The van der Waals surface area contributed by atoms with Gasteiger partial charge in [0.05, 0.1) is 11.8 Å². The Morgan fingerprint density at radius 3 is 2.47 bits per heavy atom. The third-order valence-electron chi connectivity index (χ3n) is 2.75. The van der Waals surface area contributed by atoms with Crippen LogP contribution in [0.3, 0.4) is 0 Å². The van der Waals surface area contributed by atoms with Gasteiger partial charge < -0.3 is 5.73 Å². The Kier molecular flexibility index (Phi) is 4.19. The second-order valence-electron chi connectivity index (χ2n) is 4.96. The van der Waals surface area contributed by atoms with Crippen molar-refractivity contribution in [1.29, 1.82) is 0 Å². The summed E-state index contributed by atoms with van der Waals surface area (Å²) in [5.74, 6) is 0. The molecule has 0 atom stereocenters. The monoisotopic (exact) mass is 249 g/mol. The molecule has 1 aromatic heterocycles. The molecule has 17 heavy (non-hydrogen) atoms. The molecule has 3 nitrogen and oxygen atoms in total. The summed E-state index contributed by atoms with van der Waals surface area (Å²) in [5.41, 5.74) is 4.91. The van der Waals surface area contributed by atoms with Crippen LogP contribution in [0, 0.1) is 5.41 Å². The Morgan fingerprint density at radius 2 is 2.00 bits per heavy atom. The Bertz CT molecular complexity index is 355. The number of halogens is 3. The molecule has 0 radical (unpaired) electrons. The summed E-state index contributed by atoms with van der Waals surface area (Å²) >= 11 is 0. The van der Waals surface area contributed by atoms with Crippen LogP contribution in [0.5, 0.6) is 0 Å². The largest absolute Gasteiger partial charge is 0.419 e. The molecule has 0 amide bonds. The van der Waals surface area contributed by atoms with Gasteiger partial charge in [0.2, 0.25) is 0 Å². The maximum Gasteiger partial charge on any atom is 0.419 e. The van der Waals surface area contributed by atoms with E-state index in [1.54, 1.807) is 0 Å². The number of hydrogen-bond donors (Lipinski definition) is 1. The average molecular weight is 249 g/mol. The van der Waals surface area contributed by atoms with Gasteiger partial charge in [-0.15, -0.1) is 0 Å². The minimum atomic E-state index is -4.31. The van der Waals surface area contributed by atoms with Crippen LogP contribution in [0.15, 0.2) is 12.4 Å². The second-order valence-corrected chi connectivity index (χ2v) is 4.96. The normalized spacial score (nSPS) is 13.1. The molecule has 0 bridgehead atoms. The summed E-state index contributed by atoms with van der Waals surface area (Å²) in [5, 5.41) is 3.69. The van der Waals surface area contributed by atoms with Gasteiger partial charge in [0, 0.05) is 12.7 Å². The first-order chi connectivity index (χ1) is 7.74. The van der Waals surface area contributed by atoms with Gasteiger partial charge in [-0.2, -0.15) is 18.3 Å². The summed E-state index contributed by atoms with van der Waals surface area (Å²) in [7, 11) is 0. The molecule has 1 heterocycles. The predicted octanol–water partition coefficient (Wildman–Crippen LogP) is 2.67. The molecule has 0 saturated carbocycles. The van der Waals surface area contributed by atoms with Crippen molar-refractivity contribution in [3.8, 4) is 0 Å². The molecule has 0 saturated heterocycles.